The smallest absolute Gasteiger partial charge is 0.103 e. The Kier molecular flexibility index (Phi) is 7.47. The highest BCUT2D eigenvalue weighted by molar-refractivity contribution is 4.61. The van der Waals surface area contributed by atoms with E-state index in [0.29, 0.717) is 18.8 Å². The van der Waals surface area contributed by atoms with Crippen molar-refractivity contribution in [1.29, 1.82) is 0 Å². The summed E-state index contributed by atoms with van der Waals surface area (Å²) >= 11 is 0. The Morgan fingerprint density at radius 2 is 2.00 bits per heavy atom. The minimum absolute atomic E-state index is 0.0261. The molecular formula is C10H21FO. The Morgan fingerprint density at radius 1 is 1.33 bits per heavy atom. The van der Waals surface area contributed by atoms with E-state index in [0.717, 1.165) is 6.42 Å². The van der Waals surface area contributed by atoms with Gasteiger partial charge in [-0.3, -0.25) is 0 Å². The number of hydrogen-bond acceptors (Lipinski definition) is 1. The second-order valence-electron chi connectivity index (χ2n) is 3.59. The van der Waals surface area contributed by atoms with E-state index in [1.54, 1.807) is 0 Å². The van der Waals surface area contributed by atoms with E-state index in [1.807, 2.05) is 0 Å². The quantitative estimate of drug-likeness (QED) is 0.632. The van der Waals surface area contributed by atoms with Crippen molar-refractivity contribution in [1.82, 2.24) is 0 Å². The number of rotatable bonds is 7. The molecule has 0 aliphatic carbocycles. The molecule has 0 aromatic heterocycles. The van der Waals surface area contributed by atoms with Gasteiger partial charge in [0.1, 0.15) is 6.17 Å². The topological polar surface area (TPSA) is 20.2 Å². The maximum Gasteiger partial charge on any atom is 0.103 e. The van der Waals surface area contributed by atoms with Crippen LogP contribution in [0.25, 0.3) is 0 Å². The molecule has 74 valence electrons. The zero-order valence-corrected chi connectivity index (χ0v) is 8.22. The molecule has 0 rings (SSSR count). The van der Waals surface area contributed by atoms with Crippen LogP contribution in [0.3, 0.4) is 0 Å². The molecule has 0 unspecified atom stereocenters. The molecule has 1 nitrogen and oxygen atoms in total. The third-order valence-corrected chi connectivity index (χ3v) is 2.15. The zero-order chi connectivity index (χ0) is 9.40. The van der Waals surface area contributed by atoms with Gasteiger partial charge in [-0.2, -0.15) is 0 Å². The predicted octanol–water partition coefficient (Wildman–Crippen LogP) is 2.92. The lowest BCUT2D eigenvalue weighted by atomic mass is 9.97. The number of aliphatic hydroxyl groups is 1. The van der Waals surface area contributed by atoms with Crippen LogP contribution in [-0.4, -0.2) is 17.9 Å². The average molecular weight is 176 g/mol. The summed E-state index contributed by atoms with van der Waals surface area (Å²) < 4.78 is 12.9. The van der Waals surface area contributed by atoms with E-state index >= 15 is 0 Å². The first-order valence-corrected chi connectivity index (χ1v) is 4.95. The second-order valence-corrected chi connectivity index (χ2v) is 3.59. The first-order chi connectivity index (χ1) is 5.70. The van der Waals surface area contributed by atoms with Crippen molar-refractivity contribution >= 4 is 0 Å². The van der Waals surface area contributed by atoms with E-state index in [2.05, 4.69) is 13.8 Å². The van der Waals surface area contributed by atoms with Crippen molar-refractivity contribution in [3.63, 3.8) is 0 Å². The van der Waals surface area contributed by atoms with Crippen LogP contribution in [0.15, 0.2) is 0 Å². The third-order valence-electron chi connectivity index (χ3n) is 2.15. The van der Waals surface area contributed by atoms with Gasteiger partial charge in [0.2, 0.25) is 0 Å². The van der Waals surface area contributed by atoms with Gasteiger partial charge in [0, 0.05) is 13.0 Å². The fraction of sp³-hybridized carbons (Fsp3) is 1.00. The van der Waals surface area contributed by atoms with Gasteiger partial charge >= 0.3 is 0 Å². The van der Waals surface area contributed by atoms with Gasteiger partial charge in [0.05, 0.1) is 0 Å². The Morgan fingerprint density at radius 3 is 2.50 bits per heavy atom. The third kappa shape index (κ3) is 6.59. The van der Waals surface area contributed by atoms with Crippen LogP contribution in [0.2, 0.25) is 0 Å². The molecule has 1 N–H and O–H groups in total. The van der Waals surface area contributed by atoms with E-state index in [4.69, 9.17) is 5.11 Å². The molecule has 0 amide bonds. The van der Waals surface area contributed by atoms with E-state index in [1.165, 1.54) is 12.8 Å². The van der Waals surface area contributed by atoms with Crippen molar-refractivity contribution < 1.29 is 9.50 Å². The molecule has 0 saturated heterocycles. The van der Waals surface area contributed by atoms with E-state index in [9.17, 15) is 4.39 Å². The van der Waals surface area contributed by atoms with Crippen LogP contribution in [0.4, 0.5) is 4.39 Å². The summed E-state index contributed by atoms with van der Waals surface area (Å²) in [5, 5.41) is 8.49. The van der Waals surface area contributed by atoms with E-state index < -0.39 is 6.17 Å². The van der Waals surface area contributed by atoms with Crippen molar-refractivity contribution in [2.75, 3.05) is 6.61 Å². The summed E-state index contributed by atoms with van der Waals surface area (Å²) in [6, 6.07) is 0. The molecule has 0 aromatic rings. The number of halogens is 1. The molecule has 12 heavy (non-hydrogen) atoms. The summed E-state index contributed by atoms with van der Waals surface area (Å²) in [5.74, 6) is 0.464. The number of unbranched alkanes of at least 4 members (excludes halogenated alkanes) is 1. The minimum atomic E-state index is -0.804. The SMILES string of the molecule is CCCC[C@@H](C)C[C@@H](F)CCO. The Labute approximate surface area is 75.0 Å². The van der Waals surface area contributed by atoms with Crippen LogP contribution in [-0.2, 0) is 0 Å². The lowest BCUT2D eigenvalue weighted by molar-refractivity contribution is 0.194. The largest absolute Gasteiger partial charge is 0.396 e. The standard InChI is InChI=1S/C10H21FO/c1-3-4-5-9(2)8-10(11)6-7-12/h9-10,12H,3-8H2,1-2H3/t9-,10+/m1/s1. The first kappa shape index (κ1) is 11.9. The van der Waals surface area contributed by atoms with Crippen LogP contribution in [0.1, 0.15) is 46.0 Å². The predicted molar refractivity (Wildman–Crippen MR) is 49.9 cm³/mol. The molecule has 0 aliphatic heterocycles. The Balaban J connectivity index is 3.33. The van der Waals surface area contributed by atoms with Crippen molar-refractivity contribution in [3.05, 3.63) is 0 Å². The molecule has 0 radical (unpaired) electrons. The van der Waals surface area contributed by atoms with Gasteiger partial charge in [0.15, 0.2) is 0 Å². The van der Waals surface area contributed by atoms with E-state index in [-0.39, 0.29) is 6.61 Å². The van der Waals surface area contributed by atoms with Gasteiger partial charge in [0.25, 0.3) is 0 Å². The highest BCUT2D eigenvalue weighted by Gasteiger charge is 2.10. The fourth-order valence-electron chi connectivity index (χ4n) is 1.36. The summed E-state index contributed by atoms with van der Waals surface area (Å²) in [5.41, 5.74) is 0. The number of aliphatic hydroxyl groups excluding tert-OH is 1. The molecule has 0 saturated carbocycles. The van der Waals surface area contributed by atoms with Gasteiger partial charge in [-0.25, -0.2) is 4.39 Å². The summed E-state index contributed by atoms with van der Waals surface area (Å²) in [7, 11) is 0. The van der Waals surface area contributed by atoms with Gasteiger partial charge in [-0.1, -0.05) is 33.1 Å². The van der Waals surface area contributed by atoms with Crippen LogP contribution >= 0.6 is 0 Å². The molecular weight excluding hydrogens is 155 g/mol. The number of hydrogen-bond donors (Lipinski definition) is 1. The first-order valence-electron chi connectivity index (χ1n) is 4.95. The maximum absolute atomic E-state index is 12.9. The maximum atomic E-state index is 12.9. The molecule has 0 aromatic carbocycles. The highest BCUT2D eigenvalue weighted by atomic mass is 19.1. The van der Waals surface area contributed by atoms with Crippen LogP contribution in [0, 0.1) is 5.92 Å². The van der Waals surface area contributed by atoms with Gasteiger partial charge in [-0.05, 0) is 12.3 Å². The monoisotopic (exact) mass is 176 g/mol. The summed E-state index contributed by atoms with van der Waals surface area (Å²) in [6.45, 7) is 4.20. The lowest BCUT2D eigenvalue weighted by Gasteiger charge is -2.13. The molecule has 0 fully saturated rings. The van der Waals surface area contributed by atoms with Crippen LogP contribution in [0.5, 0.6) is 0 Å². The molecule has 0 aliphatic rings. The van der Waals surface area contributed by atoms with Crippen molar-refractivity contribution in [2.24, 2.45) is 5.92 Å². The molecule has 2 heteroatoms. The van der Waals surface area contributed by atoms with Crippen LogP contribution < -0.4 is 0 Å². The molecule has 0 bridgehead atoms. The van der Waals surface area contributed by atoms with Crippen molar-refractivity contribution in [3.8, 4) is 0 Å². The molecule has 2 atom stereocenters. The minimum Gasteiger partial charge on any atom is -0.396 e. The average Bonchev–Trinajstić information content (AvgIpc) is 2.01. The normalized spacial score (nSPS) is 16.0. The van der Waals surface area contributed by atoms with Crippen molar-refractivity contribution in [2.45, 2.75) is 52.1 Å². The lowest BCUT2D eigenvalue weighted by Crippen LogP contribution is -2.08. The Bertz CT molecular complexity index is 95.8. The molecule has 0 spiro atoms. The number of alkyl halides is 1. The Hall–Kier alpha value is -0.110. The van der Waals surface area contributed by atoms with Gasteiger partial charge < -0.3 is 5.11 Å². The van der Waals surface area contributed by atoms with Gasteiger partial charge in [-0.15, -0.1) is 0 Å². The summed E-state index contributed by atoms with van der Waals surface area (Å²) in [4.78, 5) is 0. The summed E-state index contributed by atoms with van der Waals surface area (Å²) in [6.07, 6.45) is 3.59. The fourth-order valence-corrected chi connectivity index (χ4v) is 1.36. The second kappa shape index (κ2) is 7.53. The highest BCUT2D eigenvalue weighted by Crippen LogP contribution is 2.17. The zero-order valence-electron chi connectivity index (χ0n) is 8.22. The molecule has 0 heterocycles.